The number of alkyl halides is 6. The van der Waals surface area contributed by atoms with Gasteiger partial charge in [-0.15, -0.1) is 26.3 Å². The Morgan fingerprint density at radius 3 is 1.19 bits per heavy atom. The smallest absolute Gasteiger partial charge is 0.403 e. The van der Waals surface area contributed by atoms with Crippen molar-refractivity contribution in [1.82, 2.24) is 0 Å². The molecule has 0 unspecified atom stereocenters. The van der Waals surface area contributed by atoms with E-state index in [-0.39, 0.29) is 50.1 Å². The van der Waals surface area contributed by atoms with Crippen LogP contribution in [0.15, 0.2) is 54.1 Å². The third-order valence-corrected chi connectivity index (χ3v) is 6.92. The molecule has 0 spiro atoms. The SMILES string of the molecule is N#CC(C#N)=C1c2cc(-c3cc(F)c(F)c(OC(F)(F)F)c3)c(C#N)cc2-c2cc(C#N)c(-c3cc(F)c(F)c(OC(F)(F)F)c3)cc21. The Morgan fingerprint density at radius 1 is 0.500 bits per heavy atom. The first-order valence-corrected chi connectivity index (χ1v) is 12.7. The first kappa shape index (κ1) is 32.9. The summed E-state index contributed by atoms with van der Waals surface area (Å²) < 4.78 is 142. The number of nitriles is 4. The van der Waals surface area contributed by atoms with Gasteiger partial charge in [0.05, 0.1) is 23.3 Å². The minimum Gasteiger partial charge on any atom is -0.403 e. The van der Waals surface area contributed by atoms with Gasteiger partial charge in [-0.1, -0.05) is 0 Å². The molecular formula is C32H8F10N4O2. The molecule has 0 aliphatic heterocycles. The summed E-state index contributed by atoms with van der Waals surface area (Å²) in [7, 11) is 0. The second-order valence-electron chi connectivity index (χ2n) is 9.72. The molecule has 0 heterocycles. The Hall–Kier alpha value is -6.52. The molecule has 0 saturated heterocycles. The quantitative estimate of drug-likeness (QED) is 0.139. The summed E-state index contributed by atoms with van der Waals surface area (Å²) in [6, 6.07) is 13.1. The van der Waals surface area contributed by atoms with Crippen LogP contribution >= 0.6 is 0 Å². The van der Waals surface area contributed by atoms with E-state index < -0.39 is 64.2 Å². The van der Waals surface area contributed by atoms with Crippen LogP contribution in [-0.4, -0.2) is 12.7 Å². The lowest BCUT2D eigenvalue weighted by molar-refractivity contribution is -0.276. The number of hydrogen-bond donors (Lipinski definition) is 0. The lowest BCUT2D eigenvalue weighted by Gasteiger charge is -2.14. The van der Waals surface area contributed by atoms with Gasteiger partial charge >= 0.3 is 12.7 Å². The average molecular weight is 670 g/mol. The largest absolute Gasteiger partial charge is 0.573 e. The fourth-order valence-corrected chi connectivity index (χ4v) is 5.11. The average Bonchev–Trinajstić information content (AvgIpc) is 3.31. The third-order valence-electron chi connectivity index (χ3n) is 6.92. The predicted octanol–water partition coefficient (Wildman–Crippen LogP) is 8.95. The van der Waals surface area contributed by atoms with Crippen LogP contribution in [0.25, 0.3) is 39.0 Å². The van der Waals surface area contributed by atoms with E-state index in [0.717, 1.165) is 24.3 Å². The second kappa shape index (κ2) is 11.7. The van der Waals surface area contributed by atoms with E-state index >= 15 is 0 Å². The van der Waals surface area contributed by atoms with E-state index in [9.17, 15) is 65.0 Å². The molecule has 48 heavy (non-hydrogen) atoms. The molecule has 6 nitrogen and oxygen atoms in total. The standard InChI is InChI=1S/C32H8F10N4O2/c33-24-3-13(5-26(29(24)35)47-31(37,38)39)18-7-22-20(1-15(18)9-43)21-2-16(10-44)19(8-23(21)28(22)17(11-45)12-46)14-4-25(34)30(36)27(6-14)48-32(40,41)42/h1-8H. The topological polar surface area (TPSA) is 114 Å². The molecule has 0 aromatic heterocycles. The maximum Gasteiger partial charge on any atom is 0.573 e. The van der Waals surface area contributed by atoms with Crippen LogP contribution in [0, 0.1) is 68.6 Å². The third kappa shape index (κ3) is 5.91. The van der Waals surface area contributed by atoms with Gasteiger partial charge in [0.1, 0.15) is 17.7 Å². The van der Waals surface area contributed by atoms with Gasteiger partial charge in [0.15, 0.2) is 23.1 Å². The molecule has 0 atom stereocenters. The van der Waals surface area contributed by atoms with Crippen LogP contribution in [0.1, 0.15) is 22.3 Å². The zero-order valence-corrected chi connectivity index (χ0v) is 23.0. The fraction of sp³-hybridized carbons (Fsp3) is 0.0625. The summed E-state index contributed by atoms with van der Waals surface area (Å²) in [5.41, 5.74) is -3.10. The van der Waals surface area contributed by atoms with E-state index in [4.69, 9.17) is 0 Å². The van der Waals surface area contributed by atoms with Crippen LogP contribution in [0.4, 0.5) is 43.9 Å². The highest BCUT2D eigenvalue weighted by Crippen LogP contribution is 2.50. The van der Waals surface area contributed by atoms with Crippen molar-refractivity contribution in [2.24, 2.45) is 0 Å². The summed E-state index contributed by atoms with van der Waals surface area (Å²) in [6.07, 6.45) is -10.9. The maximum absolute atomic E-state index is 14.4. The Morgan fingerprint density at radius 2 is 0.875 bits per heavy atom. The number of rotatable bonds is 4. The summed E-state index contributed by atoms with van der Waals surface area (Å²) in [5.74, 6) is -10.7. The predicted molar refractivity (Wildman–Crippen MR) is 143 cm³/mol. The van der Waals surface area contributed by atoms with Crippen molar-refractivity contribution in [1.29, 1.82) is 21.0 Å². The molecule has 1 aliphatic rings. The molecule has 0 bridgehead atoms. The number of nitrogens with zero attached hydrogens (tertiary/aromatic N) is 4. The van der Waals surface area contributed by atoms with E-state index in [1.165, 1.54) is 0 Å². The molecule has 0 amide bonds. The number of ether oxygens (including phenoxy) is 2. The highest BCUT2D eigenvalue weighted by molar-refractivity contribution is 6.07. The molecule has 5 rings (SSSR count). The van der Waals surface area contributed by atoms with Crippen molar-refractivity contribution >= 4 is 5.57 Å². The van der Waals surface area contributed by atoms with Crippen LogP contribution in [0.5, 0.6) is 11.5 Å². The van der Waals surface area contributed by atoms with E-state index in [1.54, 1.807) is 24.3 Å². The Kier molecular flexibility index (Phi) is 8.00. The van der Waals surface area contributed by atoms with E-state index in [0.29, 0.717) is 24.3 Å². The summed E-state index contributed by atoms with van der Waals surface area (Å²) in [6.45, 7) is 0. The molecule has 1 aliphatic carbocycles. The lowest BCUT2D eigenvalue weighted by atomic mass is 9.91. The molecule has 16 heteroatoms. The Balaban J connectivity index is 1.80. The second-order valence-corrected chi connectivity index (χ2v) is 9.72. The van der Waals surface area contributed by atoms with Gasteiger partial charge in [-0.3, -0.25) is 0 Å². The fourth-order valence-electron chi connectivity index (χ4n) is 5.11. The first-order valence-electron chi connectivity index (χ1n) is 12.7. The Labute approximate surface area is 261 Å². The van der Waals surface area contributed by atoms with Gasteiger partial charge in [0.25, 0.3) is 0 Å². The summed E-state index contributed by atoms with van der Waals surface area (Å²) >= 11 is 0. The summed E-state index contributed by atoms with van der Waals surface area (Å²) in [4.78, 5) is 0. The van der Waals surface area contributed by atoms with Gasteiger partial charge in [0.2, 0.25) is 11.6 Å². The number of halogens is 10. The molecule has 0 N–H and O–H groups in total. The van der Waals surface area contributed by atoms with Crippen molar-refractivity contribution in [2.75, 3.05) is 0 Å². The molecule has 0 fully saturated rings. The minimum atomic E-state index is -5.43. The molecular weight excluding hydrogens is 662 g/mol. The van der Waals surface area contributed by atoms with Gasteiger partial charge in [-0.2, -0.15) is 29.8 Å². The summed E-state index contributed by atoms with van der Waals surface area (Å²) in [5, 5.41) is 39.3. The van der Waals surface area contributed by atoms with E-state index in [1.807, 2.05) is 0 Å². The van der Waals surface area contributed by atoms with Crippen molar-refractivity contribution in [3.05, 3.63) is 99.6 Å². The van der Waals surface area contributed by atoms with Gasteiger partial charge in [-0.25, -0.2) is 8.78 Å². The van der Waals surface area contributed by atoms with Crippen LogP contribution < -0.4 is 9.47 Å². The molecule has 4 aromatic carbocycles. The van der Waals surface area contributed by atoms with Crippen molar-refractivity contribution in [3.8, 4) is 69.2 Å². The normalized spacial score (nSPS) is 11.8. The van der Waals surface area contributed by atoms with Gasteiger partial charge < -0.3 is 9.47 Å². The maximum atomic E-state index is 14.4. The number of fused-ring (bicyclic) bond motifs is 3. The van der Waals surface area contributed by atoms with Crippen LogP contribution in [0.3, 0.4) is 0 Å². The highest BCUT2D eigenvalue weighted by atomic mass is 19.4. The van der Waals surface area contributed by atoms with E-state index in [2.05, 4.69) is 9.47 Å². The number of hydrogen-bond acceptors (Lipinski definition) is 6. The van der Waals surface area contributed by atoms with Crippen molar-refractivity contribution in [3.63, 3.8) is 0 Å². The highest BCUT2D eigenvalue weighted by Gasteiger charge is 2.36. The monoisotopic (exact) mass is 670 g/mol. The van der Waals surface area contributed by atoms with Crippen molar-refractivity contribution in [2.45, 2.75) is 12.7 Å². The molecule has 4 aromatic rings. The minimum absolute atomic E-state index is 0.0621. The van der Waals surface area contributed by atoms with Gasteiger partial charge in [0, 0.05) is 16.7 Å². The van der Waals surface area contributed by atoms with Gasteiger partial charge in [-0.05, 0) is 81.9 Å². The number of benzene rings is 4. The van der Waals surface area contributed by atoms with Crippen molar-refractivity contribution < 1.29 is 53.4 Å². The zero-order valence-electron chi connectivity index (χ0n) is 23.0. The van der Waals surface area contributed by atoms with Crippen LogP contribution in [-0.2, 0) is 0 Å². The molecule has 0 saturated carbocycles. The lowest BCUT2D eigenvalue weighted by Crippen LogP contribution is -2.18. The number of allylic oxidation sites excluding steroid dienone is 1. The zero-order chi connectivity index (χ0) is 35.3. The first-order chi connectivity index (χ1) is 22.5. The molecule has 238 valence electrons. The molecule has 0 radical (unpaired) electrons. The van der Waals surface area contributed by atoms with Crippen LogP contribution in [0.2, 0.25) is 0 Å². The Bertz CT molecular complexity index is 2110.